The summed E-state index contributed by atoms with van der Waals surface area (Å²) in [4.78, 5) is 37.4. The monoisotopic (exact) mass is 458 g/mol. The van der Waals surface area contributed by atoms with E-state index >= 15 is 0 Å². The molecule has 0 saturated heterocycles. The van der Waals surface area contributed by atoms with Crippen LogP contribution >= 0.6 is 23.2 Å². The van der Waals surface area contributed by atoms with E-state index in [2.05, 4.69) is 10.3 Å². The number of anilines is 1. The van der Waals surface area contributed by atoms with E-state index in [9.17, 15) is 9.59 Å². The summed E-state index contributed by atoms with van der Waals surface area (Å²) in [6, 6.07) is 14.1. The smallest absolute Gasteiger partial charge is 0.293 e. The first-order valence-electron chi connectivity index (χ1n) is 9.68. The lowest BCUT2D eigenvalue weighted by atomic mass is 10.1. The van der Waals surface area contributed by atoms with Crippen LogP contribution in [-0.2, 0) is 19.5 Å². The molecule has 31 heavy (non-hydrogen) atoms. The van der Waals surface area contributed by atoms with E-state index in [0.717, 1.165) is 10.3 Å². The molecule has 0 saturated carbocycles. The molecule has 0 fully saturated rings. The Morgan fingerprint density at radius 3 is 2.39 bits per heavy atom. The van der Waals surface area contributed by atoms with Crippen molar-refractivity contribution in [1.29, 1.82) is 0 Å². The second-order valence-electron chi connectivity index (χ2n) is 7.11. The van der Waals surface area contributed by atoms with Gasteiger partial charge >= 0.3 is 0 Å². The highest BCUT2D eigenvalue weighted by atomic mass is 35.5. The molecule has 7 nitrogen and oxygen atoms in total. The average Bonchev–Trinajstić information content (AvgIpc) is 2.78. The number of nitrogens with zero attached hydrogens (tertiary/aromatic N) is 3. The molecule has 1 aliphatic heterocycles. The Hall–Kier alpha value is -3.03. The SMILES string of the molecule is COn1c(NCc2ccc(Cl)cc2)nc2c(c1=O)CN(C(=O)c1ccc(Cl)cc1)CC2. The van der Waals surface area contributed by atoms with Crippen molar-refractivity contribution in [2.24, 2.45) is 0 Å². The van der Waals surface area contributed by atoms with Gasteiger partial charge in [0, 0.05) is 35.1 Å². The topological polar surface area (TPSA) is 76.5 Å². The van der Waals surface area contributed by atoms with Crippen LogP contribution in [0.25, 0.3) is 0 Å². The van der Waals surface area contributed by atoms with Crippen LogP contribution in [0.1, 0.15) is 27.2 Å². The Balaban J connectivity index is 1.56. The van der Waals surface area contributed by atoms with Crippen LogP contribution in [-0.4, -0.2) is 34.2 Å². The summed E-state index contributed by atoms with van der Waals surface area (Å²) in [6.07, 6.45) is 0.476. The minimum Gasteiger partial charge on any atom is -0.411 e. The van der Waals surface area contributed by atoms with Gasteiger partial charge in [0.05, 0.1) is 17.8 Å². The van der Waals surface area contributed by atoms with Crippen molar-refractivity contribution in [3.05, 3.63) is 91.3 Å². The predicted octanol–water partition coefficient (Wildman–Crippen LogP) is 3.42. The number of amides is 1. The minimum atomic E-state index is -0.334. The zero-order valence-electron chi connectivity index (χ0n) is 16.8. The molecule has 1 N–H and O–H groups in total. The summed E-state index contributed by atoms with van der Waals surface area (Å²) in [7, 11) is 1.41. The van der Waals surface area contributed by atoms with Crippen molar-refractivity contribution in [3.63, 3.8) is 0 Å². The molecule has 3 aromatic rings. The zero-order chi connectivity index (χ0) is 22.0. The van der Waals surface area contributed by atoms with Crippen LogP contribution in [0.5, 0.6) is 0 Å². The van der Waals surface area contributed by atoms with Crippen molar-refractivity contribution in [1.82, 2.24) is 14.6 Å². The summed E-state index contributed by atoms with van der Waals surface area (Å²) in [5.74, 6) is 0.161. The summed E-state index contributed by atoms with van der Waals surface area (Å²) >= 11 is 11.8. The molecule has 0 spiro atoms. The Bertz CT molecular complexity index is 1160. The van der Waals surface area contributed by atoms with Gasteiger partial charge in [0.2, 0.25) is 5.95 Å². The Labute approximate surface area is 189 Å². The highest BCUT2D eigenvalue weighted by molar-refractivity contribution is 6.30. The third-order valence-electron chi connectivity index (χ3n) is 5.12. The Morgan fingerprint density at radius 1 is 1.10 bits per heavy atom. The van der Waals surface area contributed by atoms with Crippen molar-refractivity contribution < 1.29 is 9.63 Å². The van der Waals surface area contributed by atoms with Gasteiger partial charge in [-0.2, -0.15) is 0 Å². The third-order valence-corrected chi connectivity index (χ3v) is 5.62. The molecular weight excluding hydrogens is 439 g/mol. The van der Waals surface area contributed by atoms with Gasteiger partial charge in [0.1, 0.15) is 7.11 Å². The highest BCUT2D eigenvalue weighted by Gasteiger charge is 2.27. The molecule has 160 valence electrons. The number of carbonyl (C=O) groups excluding carboxylic acids is 1. The molecule has 2 heterocycles. The molecule has 4 rings (SSSR count). The van der Waals surface area contributed by atoms with Crippen molar-refractivity contribution in [3.8, 4) is 0 Å². The molecule has 1 aromatic heterocycles. The maximum Gasteiger partial charge on any atom is 0.293 e. The molecule has 1 amide bonds. The van der Waals surface area contributed by atoms with E-state index in [1.807, 2.05) is 12.1 Å². The standard InChI is InChI=1S/C22H20Cl2N4O3/c1-31-28-21(30)18-13-27(20(29)15-4-8-17(24)9-5-15)11-10-19(18)26-22(28)25-12-14-2-6-16(23)7-3-14/h2-9H,10-13H2,1H3,(H,25,26). The van der Waals surface area contributed by atoms with Crippen LogP contribution in [0, 0.1) is 0 Å². The zero-order valence-corrected chi connectivity index (χ0v) is 18.3. The van der Waals surface area contributed by atoms with Gasteiger partial charge in [-0.15, -0.1) is 4.73 Å². The van der Waals surface area contributed by atoms with Gasteiger partial charge < -0.3 is 15.1 Å². The second kappa shape index (κ2) is 8.99. The van der Waals surface area contributed by atoms with Crippen LogP contribution in [0.15, 0.2) is 53.3 Å². The first-order chi connectivity index (χ1) is 15.0. The summed E-state index contributed by atoms with van der Waals surface area (Å²) in [5, 5.41) is 4.36. The molecule has 0 atom stereocenters. The van der Waals surface area contributed by atoms with Gasteiger partial charge in [-0.3, -0.25) is 9.59 Å². The van der Waals surface area contributed by atoms with Gasteiger partial charge in [-0.05, 0) is 42.0 Å². The van der Waals surface area contributed by atoms with E-state index in [-0.39, 0.29) is 18.0 Å². The lowest BCUT2D eigenvalue weighted by Gasteiger charge is -2.28. The quantitative estimate of drug-likeness (QED) is 0.633. The van der Waals surface area contributed by atoms with Gasteiger partial charge in [-0.1, -0.05) is 35.3 Å². The first-order valence-corrected chi connectivity index (χ1v) is 10.4. The number of halogens is 2. The van der Waals surface area contributed by atoms with Crippen molar-refractivity contribution in [2.45, 2.75) is 19.5 Å². The first kappa shape index (κ1) is 21.2. The molecule has 0 unspecified atom stereocenters. The number of rotatable bonds is 5. The van der Waals surface area contributed by atoms with Gasteiger partial charge in [0.15, 0.2) is 0 Å². The molecular formula is C22H20Cl2N4O3. The normalized spacial score (nSPS) is 12.9. The lowest BCUT2D eigenvalue weighted by Crippen LogP contribution is -2.42. The second-order valence-corrected chi connectivity index (χ2v) is 7.98. The summed E-state index contributed by atoms with van der Waals surface area (Å²) < 4.78 is 1.12. The van der Waals surface area contributed by atoms with Crippen molar-refractivity contribution >= 4 is 35.1 Å². The van der Waals surface area contributed by atoms with Gasteiger partial charge in [-0.25, -0.2) is 4.98 Å². The molecule has 9 heteroatoms. The number of hydrogen-bond acceptors (Lipinski definition) is 5. The maximum atomic E-state index is 13.1. The van der Waals surface area contributed by atoms with E-state index in [1.54, 1.807) is 41.3 Å². The molecule has 0 bridgehead atoms. The van der Waals surface area contributed by atoms with Gasteiger partial charge in [0.25, 0.3) is 11.5 Å². The summed E-state index contributed by atoms with van der Waals surface area (Å²) in [6.45, 7) is 1.09. The van der Waals surface area contributed by atoms with Crippen molar-refractivity contribution in [2.75, 3.05) is 19.0 Å². The van der Waals surface area contributed by atoms with E-state index in [0.29, 0.717) is 52.3 Å². The van der Waals surface area contributed by atoms with Crippen LogP contribution < -0.4 is 15.7 Å². The number of benzene rings is 2. The fraction of sp³-hybridized carbons (Fsp3) is 0.227. The lowest BCUT2D eigenvalue weighted by molar-refractivity contribution is 0.0728. The maximum absolute atomic E-state index is 13.1. The molecule has 1 aliphatic rings. The third kappa shape index (κ3) is 4.52. The highest BCUT2D eigenvalue weighted by Crippen LogP contribution is 2.20. The van der Waals surface area contributed by atoms with E-state index in [4.69, 9.17) is 28.0 Å². The number of fused-ring (bicyclic) bond motifs is 1. The fourth-order valence-corrected chi connectivity index (χ4v) is 3.72. The Kier molecular flexibility index (Phi) is 6.15. The number of hydrogen-bond donors (Lipinski definition) is 1. The predicted molar refractivity (Wildman–Crippen MR) is 120 cm³/mol. The Morgan fingerprint density at radius 2 is 1.74 bits per heavy atom. The summed E-state index contributed by atoms with van der Waals surface area (Å²) in [5.41, 5.74) is 2.29. The van der Waals surface area contributed by atoms with Crippen LogP contribution in [0.4, 0.5) is 5.95 Å². The number of nitrogens with one attached hydrogen (secondary N) is 1. The van der Waals surface area contributed by atoms with E-state index < -0.39 is 0 Å². The van der Waals surface area contributed by atoms with E-state index in [1.165, 1.54) is 7.11 Å². The largest absolute Gasteiger partial charge is 0.411 e. The number of carbonyl (C=O) groups is 1. The molecule has 0 aliphatic carbocycles. The number of aromatic nitrogens is 2. The van der Waals surface area contributed by atoms with Crippen LogP contribution in [0.2, 0.25) is 10.0 Å². The van der Waals surface area contributed by atoms with Crippen LogP contribution in [0.3, 0.4) is 0 Å². The molecule has 0 radical (unpaired) electrons. The molecule has 2 aromatic carbocycles. The fourth-order valence-electron chi connectivity index (χ4n) is 3.47. The minimum absolute atomic E-state index is 0.157. The average molecular weight is 459 g/mol.